The van der Waals surface area contributed by atoms with E-state index < -0.39 is 0 Å². The number of nitrogens with zero attached hydrogens (tertiary/aromatic N) is 4. The van der Waals surface area contributed by atoms with E-state index in [9.17, 15) is 0 Å². The second-order valence-electron chi connectivity index (χ2n) is 3.98. The Morgan fingerprint density at radius 1 is 1.25 bits per heavy atom. The van der Waals surface area contributed by atoms with E-state index in [1.807, 2.05) is 0 Å². The topological polar surface area (TPSA) is 90.7 Å². The summed E-state index contributed by atoms with van der Waals surface area (Å²) in [5, 5.41) is 3.87. The van der Waals surface area contributed by atoms with Crippen molar-refractivity contribution in [3.63, 3.8) is 0 Å². The highest BCUT2D eigenvalue weighted by Crippen LogP contribution is 2.46. The van der Waals surface area contributed by atoms with E-state index in [1.54, 1.807) is 18.5 Å². The van der Waals surface area contributed by atoms with E-state index >= 15 is 0 Å². The minimum atomic E-state index is -0.0833. The second kappa shape index (κ2) is 3.34. The zero-order valence-corrected chi connectivity index (χ0v) is 8.63. The highest BCUT2D eigenvalue weighted by atomic mass is 16.5. The molecule has 0 aliphatic heterocycles. The van der Waals surface area contributed by atoms with Gasteiger partial charge in [-0.05, 0) is 18.9 Å². The average molecular weight is 217 g/mol. The molecule has 16 heavy (non-hydrogen) atoms. The molecule has 0 atom stereocenters. The molecule has 1 aliphatic carbocycles. The molecule has 0 unspecified atom stereocenters. The molecule has 6 nitrogen and oxygen atoms in total. The normalized spacial score (nSPS) is 17.3. The van der Waals surface area contributed by atoms with Crippen molar-refractivity contribution in [3.8, 4) is 11.6 Å². The summed E-state index contributed by atoms with van der Waals surface area (Å²) in [6.45, 7) is 0.546. The molecule has 0 spiro atoms. The van der Waals surface area contributed by atoms with Crippen molar-refractivity contribution in [1.82, 2.24) is 20.1 Å². The summed E-state index contributed by atoms with van der Waals surface area (Å²) >= 11 is 0. The van der Waals surface area contributed by atoms with Gasteiger partial charge in [0, 0.05) is 18.9 Å². The molecule has 2 aromatic rings. The molecule has 2 aromatic heterocycles. The molecule has 3 rings (SSSR count). The van der Waals surface area contributed by atoms with E-state index in [0.717, 1.165) is 12.8 Å². The summed E-state index contributed by atoms with van der Waals surface area (Å²) in [6.07, 6.45) is 5.32. The lowest BCUT2D eigenvalue weighted by Gasteiger charge is -2.03. The summed E-state index contributed by atoms with van der Waals surface area (Å²) in [5.41, 5.74) is 5.61. The smallest absolute Gasteiger partial charge is 0.240 e. The van der Waals surface area contributed by atoms with Crippen LogP contribution in [0.2, 0.25) is 0 Å². The Labute approximate surface area is 91.9 Å². The van der Waals surface area contributed by atoms with Crippen LogP contribution in [0, 0.1) is 0 Å². The summed E-state index contributed by atoms with van der Waals surface area (Å²) in [7, 11) is 0. The molecule has 1 aliphatic rings. The van der Waals surface area contributed by atoms with Crippen LogP contribution in [0.4, 0.5) is 0 Å². The molecule has 2 heterocycles. The van der Waals surface area contributed by atoms with Crippen molar-refractivity contribution < 1.29 is 4.52 Å². The molecule has 0 bridgehead atoms. The molecule has 0 radical (unpaired) electrons. The predicted octanol–water partition coefficient (Wildman–Crippen LogP) is 0.517. The van der Waals surface area contributed by atoms with Gasteiger partial charge in [-0.25, -0.2) is 9.97 Å². The van der Waals surface area contributed by atoms with Gasteiger partial charge in [0.05, 0.1) is 5.41 Å². The van der Waals surface area contributed by atoms with Crippen LogP contribution in [0.25, 0.3) is 11.6 Å². The molecule has 2 N–H and O–H groups in total. The van der Waals surface area contributed by atoms with Gasteiger partial charge < -0.3 is 10.3 Å². The maximum atomic E-state index is 5.69. The number of hydrogen-bond acceptors (Lipinski definition) is 6. The van der Waals surface area contributed by atoms with Gasteiger partial charge in [0.2, 0.25) is 17.5 Å². The fraction of sp³-hybridized carbons (Fsp3) is 0.400. The fourth-order valence-electron chi connectivity index (χ4n) is 1.60. The Kier molecular flexibility index (Phi) is 1.97. The average Bonchev–Trinajstić information content (AvgIpc) is 3.00. The fourth-order valence-corrected chi connectivity index (χ4v) is 1.60. The number of aromatic nitrogens is 4. The van der Waals surface area contributed by atoms with Crippen LogP contribution in [0.5, 0.6) is 0 Å². The van der Waals surface area contributed by atoms with Gasteiger partial charge in [0.25, 0.3) is 0 Å². The zero-order chi connectivity index (χ0) is 11.0. The molecule has 1 saturated carbocycles. The summed E-state index contributed by atoms with van der Waals surface area (Å²) in [6, 6.07) is 1.74. The standard InChI is InChI=1S/C10H11N5O/c11-6-10(2-3-10)9-14-8(15-16-9)7-12-4-1-5-13-7/h1,4-5H,2-3,6,11H2. The molecule has 0 saturated heterocycles. The third kappa shape index (κ3) is 1.38. The molecule has 6 heteroatoms. The van der Waals surface area contributed by atoms with E-state index in [-0.39, 0.29) is 5.41 Å². The van der Waals surface area contributed by atoms with Gasteiger partial charge >= 0.3 is 0 Å². The first-order chi connectivity index (χ1) is 7.84. The summed E-state index contributed by atoms with van der Waals surface area (Å²) < 4.78 is 5.22. The third-order valence-electron chi connectivity index (χ3n) is 2.89. The van der Waals surface area contributed by atoms with Gasteiger partial charge in [-0.3, -0.25) is 0 Å². The van der Waals surface area contributed by atoms with Gasteiger partial charge in [-0.15, -0.1) is 0 Å². The number of nitrogens with two attached hydrogens (primary N) is 1. The van der Waals surface area contributed by atoms with Crippen molar-refractivity contribution >= 4 is 0 Å². The van der Waals surface area contributed by atoms with Gasteiger partial charge in [0.1, 0.15) is 0 Å². The summed E-state index contributed by atoms with van der Waals surface area (Å²) in [4.78, 5) is 12.4. The largest absolute Gasteiger partial charge is 0.338 e. The first-order valence-corrected chi connectivity index (χ1v) is 5.16. The van der Waals surface area contributed by atoms with Crippen molar-refractivity contribution in [1.29, 1.82) is 0 Å². The number of rotatable bonds is 3. The van der Waals surface area contributed by atoms with Crippen molar-refractivity contribution in [2.45, 2.75) is 18.3 Å². The molecular formula is C10H11N5O. The molecule has 0 amide bonds. The van der Waals surface area contributed by atoms with Crippen molar-refractivity contribution in [3.05, 3.63) is 24.4 Å². The SMILES string of the molecule is NCC1(c2nc(-c3ncccn3)no2)CC1. The lowest BCUT2D eigenvalue weighted by atomic mass is 10.1. The molecule has 82 valence electrons. The lowest BCUT2D eigenvalue weighted by Crippen LogP contribution is -2.19. The van der Waals surface area contributed by atoms with E-state index in [1.165, 1.54) is 0 Å². The zero-order valence-electron chi connectivity index (χ0n) is 8.63. The highest BCUT2D eigenvalue weighted by molar-refractivity contribution is 5.41. The molecule has 1 fully saturated rings. The van der Waals surface area contributed by atoms with Crippen molar-refractivity contribution in [2.24, 2.45) is 5.73 Å². The van der Waals surface area contributed by atoms with Crippen LogP contribution in [0.3, 0.4) is 0 Å². The second-order valence-corrected chi connectivity index (χ2v) is 3.98. The minimum absolute atomic E-state index is 0.0833. The van der Waals surface area contributed by atoms with Gasteiger partial charge in [-0.1, -0.05) is 5.16 Å². The van der Waals surface area contributed by atoms with Crippen LogP contribution in [-0.4, -0.2) is 26.7 Å². The highest BCUT2D eigenvalue weighted by Gasteiger charge is 2.48. The number of hydrogen-bond donors (Lipinski definition) is 1. The maximum absolute atomic E-state index is 5.69. The monoisotopic (exact) mass is 217 g/mol. The Bertz CT molecular complexity index is 491. The Morgan fingerprint density at radius 3 is 2.62 bits per heavy atom. The van der Waals surface area contributed by atoms with E-state index in [4.69, 9.17) is 10.3 Å². The van der Waals surface area contributed by atoms with Crippen molar-refractivity contribution in [2.75, 3.05) is 6.54 Å². The minimum Gasteiger partial charge on any atom is -0.338 e. The van der Waals surface area contributed by atoms with E-state index in [0.29, 0.717) is 24.1 Å². The molecular weight excluding hydrogens is 206 g/mol. The van der Waals surface area contributed by atoms with Gasteiger partial charge in [-0.2, -0.15) is 4.98 Å². The van der Waals surface area contributed by atoms with E-state index in [2.05, 4.69) is 20.1 Å². The summed E-state index contributed by atoms with van der Waals surface area (Å²) in [5.74, 6) is 1.51. The Balaban J connectivity index is 1.94. The Morgan fingerprint density at radius 2 is 2.00 bits per heavy atom. The first-order valence-electron chi connectivity index (χ1n) is 5.16. The first kappa shape index (κ1) is 9.41. The van der Waals surface area contributed by atoms with Crippen LogP contribution in [-0.2, 0) is 5.41 Å². The van der Waals surface area contributed by atoms with Gasteiger partial charge in [0.15, 0.2) is 0 Å². The van der Waals surface area contributed by atoms with Crippen LogP contribution >= 0.6 is 0 Å². The predicted molar refractivity (Wildman–Crippen MR) is 55.3 cm³/mol. The van der Waals surface area contributed by atoms with Crippen LogP contribution < -0.4 is 5.73 Å². The van der Waals surface area contributed by atoms with Crippen LogP contribution in [0.15, 0.2) is 23.0 Å². The maximum Gasteiger partial charge on any atom is 0.240 e. The van der Waals surface area contributed by atoms with Crippen LogP contribution in [0.1, 0.15) is 18.7 Å². The lowest BCUT2D eigenvalue weighted by molar-refractivity contribution is 0.347. The Hall–Kier alpha value is -1.82. The molecule has 0 aromatic carbocycles. The quantitative estimate of drug-likeness (QED) is 0.805. The third-order valence-corrected chi connectivity index (χ3v) is 2.89.